The first kappa shape index (κ1) is 23.8. The molecule has 0 aliphatic heterocycles. The number of amides is 1. The molecule has 0 atom stereocenters. The normalized spacial score (nSPS) is 10.9. The van der Waals surface area contributed by atoms with Crippen LogP contribution in [0.25, 0.3) is 22.0 Å². The van der Waals surface area contributed by atoms with Gasteiger partial charge in [-0.1, -0.05) is 30.3 Å². The van der Waals surface area contributed by atoms with Crippen molar-refractivity contribution in [2.24, 2.45) is 0 Å². The topological polar surface area (TPSA) is 47.4 Å². The first-order valence-electron chi connectivity index (χ1n) is 11.7. The zero-order valence-corrected chi connectivity index (χ0v) is 21.1. The average Bonchev–Trinajstić information content (AvgIpc) is 3.49. The quantitative estimate of drug-likeness (QED) is 0.286. The number of methoxy groups -OCH3 is 1. The number of aryl methyl sites for hydroxylation is 1. The zero-order chi connectivity index (χ0) is 24.1. The van der Waals surface area contributed by atoms with Gasteiger partial charge in [-0.15, -0.1) is 11.3 Å². The minimum absolute atomic E-state index is 0.0767. The highest BCUT2D eigenvalue weighted by Gasteiger charge is 2.23. The Morgan fingerprint density at radius 3 is 2.41 bits per heavy atom. The molecule has 176 valence electrons. The molecule has 0 fully saturated rings. The number of ether oxygens (including phenoxy) is 1. The largest absolute Gasteiger partial charge is 0.497 e. The molecule has 0 saturated heterocycles. The number of nitrogens with zero attached hydrogens (tertiary/aromatic N) is 3. The summed E-state index contributed by atoms with van der Waals surface area (Å²) >= 11 is 1.61. The third kappa shape index (κ3) is 4.92. The second-order valence-electron chi connectivity index (χ2n) is 8.16. The first-order valence-corrected chi connectivity index (χ1v) is 12.6. The fourth-order valence-electron chi connectivity index (χ4n) is 4.19. The van der Waals surface area contributed by atoms with Crippen molar-refractivity contribution in [2.75, 3.05) is 20.2 Å². The lowest BCUT2D eigenvalue weighted by Crippen LogP contribution is -2.30. The summed E-state index contributed by atoms with van der Waals surface area (Å²) in [7, 11) is 1.67. The Morgan fingerprint density at radius 1 is 1.06 bits per heavy atom. The minimum atomic E-state index is 0.0767. The van der Waals surface area contributed by atoms with E-state index in [0.717, 1.165) is 51.9 Å². The van der Waals surface area contributed by atoms with Gasteiger partial charge < -0.3 is 14.2 Å². The van der Waals surface area contributed by atoms with Gasteiger partial charge in [0.15, 0.2) is 0 Å². The van der Waals surface area contributed by atoms with Crippen LogP contribution < -0.4 is 4.74 Å². The second-order valence-corrected chi connectivity index (χ2v) is 9.02. The fraction of sp³-hybridized carbons (Fsp3) is 0.286. The lowest BCUT2D eigenvalue weighted by atomic mass is 10.1. The predicted molar refractivity (Wildman–Crippen MR) is 140 cm³/mol. The molecule has 4 aromatic rings. The van der Waals surface area contributed by atoms with Gasteiger partial charge in [0.2, 0.25) is 0 Å². The number of hydrogen-bond acceptors (Lipinski definition) is 4. The molecule has 0 unspecified atom stereocenters. The van der Waals surface area contributed by atoms with Gasteiger partial charge in [0, 0.05) is 36.3 Å². The lowest BCUT2D eigenvalue weighted by molar-refractivity contribution is 0.0772. The molecule has 0 N–H and O–H groups in total. The summed E-state index contributed by atoms with van der Waals surface area (Å²) in [5.41, 5.74) is 5.95. The van der Waals surface area contributed by atoms with E-state index in [4.69, 9.17) is 9.72 Å². The number of carbonyl (C=O) groups is 1. The number of benzene rings is 2. The molecule has 0 aliphatic rings. The average molecular weight is 474 g/mol. The maximum Gasteiger partial charge on any atom is 0.255 e. The van der Waals surface area contributed by atoms with E-state index in [0.29, 0.717) is 13.1 Å². The van der Waals surface area contributed by atoms with E-state index in [2.05, 4.69) is 34.2 Å². The zero-order valence-electron chi connectivity index (χ0n) is 20.2. The number of aromatic nitrogens is 2. The van der Waals surface area contributed by atoms with E-state index in [1.54, 1.807) is 18.4 Å². The van der Waals surface area contributed by atoms with Crippen LogP contribution in [-0.4, -0.2) is 40.6 Å². The van der Waals surface area contributed by atoms with Crippen molar-refractivity contribution in [2.45, 2.75) is 33.7 Å². The molecule has 0 saturated carbocycles. The van der Waals surface area contributed by atoms with Crippen LogP contribution in [0.15, 0.2) is 66.0 Å². The standard InChI is InChI=1S/C28H31N3O2S/c1-5-30(6-2)28(32)24-18-26(31(20(24)3)17-16-21-10-8-7-9-11-21)25-19-34-27(29-25)22-12-14-23(33-4)15-13-22/h7-15,18-19H,5-6,16-17H2,1-4H3. The van der Waals surface area contributed by atoms with Gasteiger partial charge in [-0.05, 0) is 63.1 Å². The van der Waals surface area contributed by atoms with Crippen molar-refractivity contribution in [3.8, 4) is 27.7 Å². The summed E-state index contributed by atoms with van der Waals surface area (Å²) in [6.07, 6.45) is 0.887. The van der Waals surface area contributed by atoms with Gasteiger partial charge in [-0.25, -0.2) is 4.98 Å². The Hall–Kier alpha value is -3.38. The highest BCUT2D eigenvalue weighted by molar-refractivity contribution is 7.13. The monoisotopic (exact) mass is 473 g/mol. The van der Waals surface area contributed by atoms with Crippen LogP contribution in [0.5, 0.6) is 5.75 Å². The molecular weight excluding hydrogens is 442 g/mol. The smallest absolute Gasteiger partial charge is 0.255 e. The lowest BCUT2D eigenvalue weighted by Gasteiger charge is -2.18. The molecule has 0 aliphatic carbocycles. The van der Waals surface area contributed by atoms with Crippen molar-refractivity contribution in [1.82, 2.24) is 14.5 Å². The van der Waals surface area contributed by atoms with E-state index in [-0.39, 0.29) is 5.91 Å². The van der Waals surface area contributed by atoms with Crippen LogP contribution in [0.3, 0.4) is 0 Å². The highest BCUT2D eigenvalue weighted by atomic mass is 32.1. The summed E-state index contributed by atoms with van der Waals surface area (Å²) in [5.74, 6) is 0.901. The summed E-state index contributed by atoms with van der Waals surface area (Å²) in [4.78, 5) is 20.1. The van der Waals surface area contributed by atoms with E-state index >= 15 is 0 Å². The molecule has 6 heteroatoms. The Bertz CT molecular complexity index is 1240. The van der Waals surface area contributed by atoms with E-state index in [1.807, 2.05) is 62.1 Å². The van der Waals surface area contributed by atoms with Gasteiger partial charge in [-0.3, -0.25) is 4.79 Å². The molecule has 2 aromatic carbocycles. The molecule has 0 spiro atoms. The van der Waals surface area contributed by atoms with Crippen molar-refractivity contribution in [1.29, 1.82) is 0 Å². The van der Waals surface area contributed by atoms with Crippen molar-refractivity contribution in [3.63, 3.8) is 0 Å². The number of rotatable bonds is 9. The Balaban J connectivity index is 1.71. The van der Waals surface area contributed by atoms with Gasteiger partial charge >= 0.3 is 0 Å². The summed E-state index contributed by atoms with van der Waals surface area (Å²) in [5, 5.41) is 3.03. The minimum Gasteiger partial charge on any atom is -0.497 e. The van der Waals surface area contributed by atoms with E-state index < -0.39 is 0 Å². The number of hydrogen-bond donors (Lipinski definition) is 0. The Kier molecular flexibility index (Phi) is 7.48. The van der Waals surface area contributed by atoms with E-state index in [9.17, 15) is 4.79 Å². The molecule has 0 radical (unpaired) electrons. The van der Waals surface area contributed by atoms with Gasteiger partial charge in [0.1, 0.15) is 10.8 Å². The number of thiazole rings is 1. The van der Waals surface area contributed by atoms with Crippen LogP contribution in [-0.2, 0) is 13.0 Å². The van der Waals surface area contributed by atoms with Gasteiger partial charge in [-0.2, -0.15) is 0 Å². The van der Waals surface area contributed by atoms with Crippen LogP contribution in [0, 0.1) is 6.92 Å². The SMILES string of the molecule is CCN(CC)C(=O)c1cc(-c2csc(-c3ccc(OC)cc3)n2)n(CCc2ccccc2)c1C. The van der Waals surface area contributed by atoms with Crippen molar-refractivity contribution >= 4 is 17.2 Å². The third-order valence-electron chi connectivity index (χ3n) is 6.22. The number of carbonyl (C=O) groups excluding carboxylic acids is 1. The Morgan fingerprint density at radius 2 is 1.76 bits per heavy atom. The molecule has 2 heterocycles. The van der Waals surface area contributed by atoms with Gasteiger partial charge in [0.05, 0.1) is 24.1 Å². The molecule has 1 amide bonds. The maximum atomic E-state index is 13.3. The van der Waals surface area contributed by atoms with Crippen molar-refractivity contribution in [3.05, 3.63) is 82.9 Å². The molecule has 34 heavy (non-hydrogen) atoms. The molecule has 4 rings (SSSR count). The third-order valence-corrected chi connectivity index (χ3v) is 7.11. The highest BCUT2D eigenvalue weighted by Crippen LogP contribution is 2.32. The predicted octanol–water partition coefficient (Wildman–Crippen LogP) is 6.32. The van der Waals surface area contributed by atoms with Crippen LogP contribution in [0.1, 0.15) is 35.5 Å². The maximum absolute atomic E-state index is 13.3. The second kappa shape index (κ2) is 10.7. The summed E-state index contributed by atoms with van der Waals surface area (Å²) < 4.78 is 7.53. The van der Waals surface area contributed by atoms with Crippen LogP contribution in [0.4, 0.5) is 0 Å². The van der Waals surface area contributed by atoms with Gasteiger partial charge in [0.25, 0.3) is 5.91 Å². The molecular formula is C28H31N3O2S. The summed E-state index contributed by atoms with van der Waals surface area (Å²) in [6, 6.07) is 20.4. The summed E-state index contributed by atoms with van der Waals surface area (Å²) in [6.45, 7) is 8.25. The fourth-order valence-corrected chi connectivity index (χ4v) is 5.01. The Labute approximate surface area is 205 Å². The van der Waals surface area contributed by atoms with Crippen molar-refractivity contribution < 1.29 is 9.53 Å². The molecule has 5 nitrogen and oxygen atoms in total. The first-order chi connectivity index (χ1) is 16.5. The van der Waals surface area contributed by atoms with Crippen LogP contribution >= 0.6 is 11.3 Å². The van der Waals surface area contributed by atoms with E-state index in [1.165, 1.54) is 5.56 Å². The van der Waals surface area contributed by atoms with Crippen LogP contribution in [0.2, 0.25) is 0 Å². The molecule has 0 bridgehead atoms. The molecule has 2 aromatic heterocycles.